The third-order valence-corrected chi connectivity index (χ3v) is 2.74. The zero-order chi connectivity index (χ0) is 16.3. The van der Waals surface area contributed by atoms with Gasteiger partial charge in [0.1, 0.15) is 11.5 Å². The van der Waals surface area contributed by atoms with Crippen LogP contribution in [0.3, 0.4) is 0 Å². The van der Waals surface area contributed by atoms with Gasteiger partial charge in [0.25, 0.3) is 5.69 Å². The van der Waals surface area contributed by atoms with Gasteiger partial charge < -0.3 is 4.74 Å². The first-order valence-corrected chi connectivity index (χ1v) is 5.90. The molecule has 0 atom stereocenters. The summed E-state index contributed by atoms with van der Waals surface area (Å²) in [6.45, 7) is 0. The van der Waals surface area contributed by atoms with Crippen molar-refractivity contribution in [3.05, 3.63) is 63.7 Å². The van der Waals surface area contributed by atoms with E-state index in [1.165, 1.54) is 6.07 Å². The van der Waals surface area contributed by atoms with Crippen LogP contribution >= 0.6 is 0 Å². The van der Waals surface area contributed by atoms with Crippen molar-refractivity contribution in [3.8, 4) is 11.5 Å². The number of nitrogens with zero attached hydrogens (tertiary/aromatic N) is 1. The molecule has 2 rings (SSSR count). The predicted octanol–water partition coefficient (Wildman–Crippen LogP) is 4.22. The lowest BCUT2D eigenvalue weighted by atomic mass is 10.2. The lowest BCUT2D eigenvalue weighted by molar-refractivity contribution is -0.385. The Hall–Kier alpha value is -2.90. The first-order valence-electron chi connectivity index (χ1n) is 5.90. The molecule has 0 unspecified atom stereocenters. The number of hydrogen-bond acceptors (Lipinski definition) is 4. The maximum Gasteiger partial charge on any atom is 0.416 e. The Morgan fingerprint density at radius 2 is 1.64 bits per heavy atom. The lowest BCUT2D eigenvalue weighted by Crippen LogP contribution is -2.04. The van der Waals surface area contributed by atoms with E-state index in [0.29, 0.717) is 6.29 Å². The van der Waals surface area contributed by atoms with Gasteiger partial charge >= 0.3 is 6.18 Å². The Morgan fingerprint density at radius 1 is 1.05 bits per heavy atom. The third kappa shape index (κ3) is 3.40. The van der Waals surface area contributed by atoms with Gasteiger partial charge in [-0.05, 0) is 36.4 Å². The number of carbonyl (C=O) groups excluding carboxylic acids is 1. The topological polar surface area (TPSA) is 69.4 Å². The molecule has 0 aromatic heterocycles. The maximum absolute atomic E-state index is 12.4. The molecule has 0 amide bonds. The number of benzene rings is 2. The molecule has 2 aromatic carbocycles. The van der Waals surface area contributed by atoms with Crippen LogP contribution in [0, 0.1) is 10.1 Å². The van der Waals surface area contributed by atoms with Crippen LogP contribution in [0.25, 0.3) is 0 Å². The summed E-state index contributed by atoms with van der Waals surface area (Å²) >= 11 is 0. The standard InChI is InChI=1S/C14H8F3NO4/c15-14(16,17)10-1-3-11(4-2-10)22-12-5-6-13(18(20)21)9(7-12)8-19/h1-8H. The lowest BCUT2D eigenvalue weighted by Gasteiger charge is -2.09. The van der Waals surface area contributed by atoms with Gasteiger partial charge in [-0.25, -0.2) is 0 Å². The van der Waals surface area contributed by atoms with Gasteiger partial charge in [0, 0.05) is 6.07 Å². The molecule has 2 aromatic rings. The Bertz CT molecular complexity index is 711. The van der Waals surface area contributed by atoms with Crippen molar-refractivity contribution in [2.24, 2.45) is 0 Å². The fourth-order valence-corrected chi connectivity index (χ4v) is 1.70. The molecule has 22 heavy (non-hydrogen) atoms. The second-order valence-corrected chi connectivity index (χ2v) is 4.22. The van der Waals surface area contributed by atoms with E-state index < -0.39 is 16.7 Å². The van der Waals surface area contributed by atoms with E-state index in [1.807, 2.05) is 0 Å². The predicted molar refractivity (Wildman–Crippen MR) is 70.0 cm³/mol. The second-order valence-electron chi connectivity index (χ2n) is 4.22. The summed E-state index contributed by atoms with van der Waals surface area (Å²) in [7, 11) is 0. The number of halogens is 3. The summed E-state index contributed by atoms with van der Waals surface area (Å²) in [6.07, 6.45) is -4.14. The summed E-state index contributed by atoms with van der Waals surface area (Å²) in [5, 5.41) is 10.7. The highest BCUT2D eigenvalue weighted by molar-refractivity contribution is 5.82. The van der Waals surface area contributed by atoms with Crippen molar-refractivity contribution in [2.45, 2.75) is 6.18 Å². The summed E-state index contributed by atoms with van der Waals surface area (Å²) in [4.78, 5) is 20.8. The Kier molecular flexibility index (Phi) is 4.11. The molecular weight excluding hydrogens is 303 g/mol. The molecule has 5 nitrogen and oxygen atoms in total. The molecule has 0 saturated carbocycles. The highest BCUT2D eigenvalue weighted by Crippen LogP contribution is 2.32. The number of nitro groups is 1. The van der Waals surface area contributed by atoms with Crippen LogP contribution in [0.4, 0.5) is 18.9 Å². The Balaban J connectivity index is 2.24. The minimum Gasteiger partial charge on any atom is -0.457 e. The number of alkyl halides is 3. The average Bonchev–Trinajstić information content (AvgIpc) is 2.46. The molecule has 0 saturated heterocycles. The molecule has 114 valence electrons. The number of carbonyl (C=O) groups is 1. The van der Waals surface area contributed by atoms with Crippen LogP contribution in [0.1, 0.15) is 15.9 Å². The highest BCUT2D eigenvalue weighted by atomic mass is 19.4. The van der Waals surface area contributed by atoms with Gasteiger partial charge in [0.2, 0.25) is 0 Å². The van der Waals surface area contributed by atoms with Gasteiger partial charge in [0.05, 0.1) is 16.1 Å². The van der Waals surface area contributed by atoms with Crippen LogP contribution in [0.5, 0.6) is 11.5 Å². The third-order valence-electron chi connectivity index (χ3n) is 2.74. The van der Waals surface area contributed by atoms with E-state index in [-0.39, 0.29) is 22.7 Å². The van der Waals surface area contributed by atoms with E-state index in [2.05, 4.69) is 0 Å². The summed E-state index contributed by atoms with van der Waals surface area (Å²) in [5.41, 5.74) is -1.39. The van der Waals surface area contributed by atoms with E-state index in [1.54, 1.807) is 0 Å². The quantitative estimate of drug-likeness (QED) is 0.481. The molecule has 0 bridgehead atoms. The van der Waals surface area contributed by atoms with Crippen molar-refractivity contribution < 1.29 is 27.6 Å². The minimum absolute atomic E-state index is 0.104. The largest absolute Gasteiger partial charge is 0.457 e. The van der Waals surface area contributed by atoms with E-state index in [0.717, 1.165) is 36.4 Å². The molecule has 0 aliphatic heterocycles. The molecule has 0 heterocycles. The first kappa shape index (κ1) is 15.5. The van der Waals surface area contributed by atoms with Gasteiger partial charge in [-0.2, -0.15) is 13.2 Å². The molecule has 0 radical (unpaired) electrons. The normalized spacial score (nSPS) is 11.0. The summed E-state index contributed by atoms with van der Waals surface area (Å²) in [5.74, 6) is 0.214. The van der Waals surface area contributed by atoms with Crippen molar-refractivity contribution in [1.82, 2.24) is 0 Å². The maximum atomic E-state index is 12.4. The van der Waals surface area contributed by atoms with Crippen molar-refractivity contribution in [2.75, 3.05) is 0 Å². The van der Waals surface area contributed by atoms with E-state index in [9.17, 15) is 28.1 Å². The highest BCUT2D eigenvalue weighted by Gasteiger charge is 2.30. The van der Waals surface area contributed by atoms with Crippen molar-refractivity contribution in [3.63, 3.8) is 0 Å². The average molecular weight is 311 g/mol. The first-order chi connectivity index (χ1) is 10.3. The van der Waals surface area contributed by atoms with Crippen LogP contribution < -0.4 is 4.74 Å². The van der Waals surface area contributed by atoms with E-state index in [4.69, 9.17) is 4.74 Å². The zero-order valence-corrected chi connectivity index (χ0v) is 10.8. The number of hydrogen-bond donors (Lipinski definition) is 0. The molecule has 0 N–H and O–H groups in total. The fourth-order valence-electron chi connectivity index (χ4n) is 1.70. The van der Waals surface area contributed by atoms with Crippen molar-refractivity contribution >= 4 is 12.0 Å². The van der Waals surface area contributed by atoms with Crippen LogP contribution in [-0.4, -0.2) is 11.2 Å². The van der Waals surface area contributed by atoms with Gasteiger partial charge in [-0.15, -0.1) is 0 Å². The summed E-state index contributed by atoms with van der Waals surface area (Å²) < 4.78 is 42.5. The number of nitro benzene ring substituents is 1. The number of rotatable bonds is 4. The van der Waals surface area contributed by atoms with Crippen molar-refractivity contribution in [1.29, 1.82) is 0 Å². The smallest absolute Gasteiger partial charge is 0.416 e. The van der Waals surface area contributed by atoms with Gasteiger partial charge in [-0.1, -0.05) is 0 Å². The molecule has 8 heteroatoms. The number of aldehydes is 1. The Morgan fingerprint density at radius 3 is 2.14 bits per heavy atom. The molecule has 0 aliphatic carbocycles. The molecule has 0 fully saturated rings. The SMILES string of the molecule is O=Cc1cc(Oc2ccc(C(F)(F)F)cc2)ccc1[N+](=O)[O-]. The monoisotopic (exact) mass is 311 g/mol. The molecule has 0 aliphatic rings. The van der Waals surface area contributed by atoms with Crippen LogP contribution in [0.15, 0.2) is 42.5 Å². The number of ether oxygens (including phenoxy) is 1. The zero-order valence-electron chi connectivity index (χ0n) is 10.8. The van der Waals surface area contributed by atoms with Crippen LogP contribution in [-0.2, 0) is 6.18 Å². The minimum atomic E-state index is -4.45. The second kappa shape index (κ2) is 5.84. The van der Waals surface area contributed by atoms with Crippen LogP contribution in [0.2, 0.25) is 0 Å². The Labute approximate surface area is 122 Å². The molecule has 0 spiro atoms. The van der Waals surface area contributed by atoms with Gasteiger partial charge in [-0.3, -0.25) is 14.9 Å². The summed E-state index contributed by atoms with van der Waals surface area (Å²) in [6, 6.07) is 7.41. The van der Waals surface area contributed by atoms with E-state index >= 15 is 0 Å². The van der Waals surface area contributed by atoms with Gasteiger partial charge in [0.15, 0.2) is 6.29 Å². The fraction of sp³-hybridized carbons (Fsp3) is 0.0714. The molecular formula is C14H8F3NO4.